The fourth-order valence-electron chi connectivity index (χ4n) is 8.26. The number of rotatable bonds is 8. The molecule has 7 heteroatoms. The van der Waals surface area contributed by atoms with Crippen molar-refractivity contribution in [1.29, 1.82) is 0 Å². The number of hydrogen-bond donors (Lipinski definition) is 2. The fourth-order valence-corrected chi connectivity index (χ4v) is 8.56. The molecule has 3 aromatic rings. The summed E-state index contributed by atoms with van der Waals surface area (Å²) in [5, 5.41) is 7.66. The van der Waals surface area contributed by atoms with Gasteiger partial charge in [-0.05, 0) is 80.6 Å². The molecular weight excluding hydrogens is 565 g/mol. The zero-order valence-electron chi connectivity index (χ0n) is 24.6. The second-order valence-electron chi connectivity index (χ2n) is 11.8. The van der Waals surface area contributed by atoms with Crippen molar-refractivity contribution in [1.82, 2.24) is 15.5 Å². The molecule has 5 rings (SSSR count). The number of benzene rings is 3. The van der Waals surface area contributed by atoms with Crippen LogP contribution in [-0.2, 0) is 15.6 Å². The quantitative estimate of drug-likeness (QED) is 0.290. The molecule has 0 bridgehead atoms. The molecule has 0 aliphatic carbocycles. The Morgan fingerprint density at radius 3 is 2.17 bits per heavy atom. The Bertz CT molecular complexity index is 1390. The van der Waals surface area contributed by atoms with E-state index in [1.807, 2.05) is 59.5 Å². The van der Waals surface area contributed by atoms with Crippen LogP contribution in [0.3, 0.4) is 0 Å². The van der Waals surface area contributed by atoms with E-state index in [1.54, 1.807) is 7.05 Å². The van der Waals surface area contributed by atoms with Crippen LogP contribution in [0, 0.1) is 5.41 Å². The van der Waals surface area contributed by atoms with Crippen molar-refractivity contribution in [2.45, 2.75) is 56.3 Å². The van der Waals surface area contributed by atoms with E-state index in [2.05, 4.69) is 41.8 Å². The first-order chi connectivity index (χ1) is 20.3. The molecule has 0 spiro atoms. The summed E-state index contributed by atoms with van der Waals surface area (Å²) in [5.41, 5.74) is 0.693. The average Bonchev–Trinajstić information content (AvgIpc) is 3.05. The molecule has 2 aliphatic rings. The second-order valence-corrected chi connectivity index (χ2v) is 12.7. The minimum atomic E-state index is -0.889. The van der Waals surface area contributed by atoms with Crippen LogP contribution in [0.4, 0.5) is 0 Å². The minimum absolute atomic E-state index is 0.0129. The maximum absolute atomic E-state index is 15.0. The molecule has 42 heavy (non-hydrogen) atoms. The highest BCUT2D eigenvalue weighted by Crippen LogP contribution is 2.63. The molecule has 222 valence electrons. The maximum Gasteiger partial charge on any atom is 0.253 e. The first-order valence-electron chi connectivity index (χ1n) is 15.1. The Labute approximate surface area is 260 Å². The minimum Gasteiger partial charge on any atom is -0.359 e. The smallest absolute Gasteiger partial charge is 0.253 e. The lowest BCUT2D eigenvalue weighted by atomic mass is 9.41. The zero-order chi connectivity index (χ0) is 29.8. The van der Waals surface area contributed by atoms with Crippen molar-refractivity contribution in [3.05, 3.63) is 106 Å². The highest BCUT2D eigenvalue weighted by molar-refractivity contribution is 6.42. The summed E-state index contributed by atoms with van der Waals surface area (Å²) in [5.74, 6) is 0.0105. The van der Waals surface area contributed by atoms with Crippen LogP contribution >= 0.6 is 23.2 Å². The molecule has 2 unspecified atom stereocenters. The highest BCUT2D eigenvalue weighted by atomic mass is 35.5. The van der Waals surface area contributed by atoms with Crippen molar-refractivity contribution in [2.75, 3.05) is 33.2 Å². The first kappa shape index (κ1) is 30.6. The van der Waals surface area contributed by atoms with Crippen LogP contribution in [0.5, 0.6) is 0 Å². The third-order valence-electron chi connectivity index (χ3n) is 9.93. The molecule has 0 radical (unpaired) electrons. The molecule has 3 aromatic carbocycles. The summed E-state index contributed by atoms with van der Waals surface area (Å²) >= 11 is 13.2. The molecular formula is C35H41Cl2N3O2. The van der Waals surface area contributed by atoms with E-state index in [1.165, 1.54) is 5.56 Å². The number of halogens is 2. The van der Waals surface area contributed by atoms with E-state index >= 15 is 0 Å². The largest absolute Gasteiger partial charge is 0.359 e. The highest BCUT2D eigenvalue weighted by Gasteiger charge is 2.67. The topological polar surface area (TPSA) is 61.4 Å². The SMILES string of the molecule is CCCC(C(=O)NC)(C1(c2ccccc2)CCNCC1)C1(c2ccc(Cl)c(Cl)c2)CCCN(C(=O)c2ccccc2)C1. The molecule has 2 N–H and O–H groups in total. The lowest BCUT2D eigenvalue weighted by Crippen LogP contribution is -2.70. The summed E-state index contributed by atoms with van der Waals surface area (Å²) in [6.07, 6.45) is 4.60. The standard InChI is InChI=1S/C35H41Cl2N3O2/c1-3-17-35(32(42)38-2,33(19-21-39-22-20-33)27-13-8-5-9-14-27)34(28-15-16-29(36)30(37)24-28)18-10-23-40(25-34)31(41)26-11-6-4-7-12-26/h4-9,11-16,24,39H,3,10,17-23,25H2,1-2H3,(H,38,42). The van der Waals surface area contributed by atoms with E-state index in [4.69, 9.17) is 23.2 Å². The Morgan fingerprint density at radius 1 is 0.881 bits per heavy atom. The van der Waals surface area contributed by atoms with Crippen LogP contribution < -0.4 is 10.6 Å². The number of amides is 2. The van der Waals surface area contributed by atoms with Crippen LogP contribution in [0.25, 0.3) is 0 Å². The number of likely N-dealkylation sites (tertiary alicyclic amines) is 1. The van der Waals surface area contributed by atoms with E-state index in [0.29, 0.717) is 35.1 Å². The van der Waals surface area contributed by atoms with Gasteiger partial charge in [-0.3, -0.25) is 9.59 Å². The van der Waals surface area contributed by atoms with Crippen LogP contribution in [0.1, 0.15) is 66.9 Å². The zero-order valence-corrected chi connectivity index (χ0v) is 26.1. The van der Waals surface area contributed by atoms with Gasteiger partial charge in [0.1, 0.15) is 0 Å². The number of carbonyl (C=O) groups is 2. The lowest BCUT2D eigenvalue weighted by Gasteiger charge is -2.63. The molecule has 0 saturated carbocycles. The summed E-state index contributed by atoms with van der Waals surface area (Å²) in [4.78, 5) is 31.0. The molecule has 2 amide bonds. The monoisotopic (exact) mass is 605 g/mol. The van der Waals surface area contributed by atoms with Crippen molar-refractivity contribution in [3.63, 3.8) is 0 Å². The van der Waals surface area contributed by atoms with Gasteiger partial charge in [-0.15, -0.1) is 0 Å². The predicted molar refractivity (Wildman–Crippen MR) is 171 cm³/mol. The van der Waals surface area contributed by atoms with Crippen LogP contribution in [0.15, 0.2) is 78.9 Å². The average molecular weight is 607 g/mol. The molecule has 2 fully saturated rings. The van der Waals surface area contributed by atoms with Gasteiger partial charge in [-0.1, -0.05) is 91.1 Å². The van der Waals surface area contributed by atoms with E-state index in [0.717, 1.165) is 50.8 Å². The number of carbonyl (C=O) groups excluding carboxylic acids is 2. The van der Waals surface area contributed by atoms with Crippen LogP contribution in [-0.4, -0.2) is 49.9 Å². The number of hydrogen-bond acceptors (Lipinski definition) is 3. The van der Waals surface area contributed by atoms with Gasteiger partial charge in [0, 0.05) is 36.5 Å². The van der Waals surface area contributed by atoms with Gasteiger partial charge in [0.25, 0.3) is 5.91 Å². The van der Waals surface area contributed by atoms with Crippen molar-refractivity contribution >= 4 is 35.0 Å². The number of nitrogens with one attached hydrogen (secondary N) is 2. The molecule has 0 aromatic heterocycles. The van der Waals surface area contributed by atoms with Gasteiger partial charge in [0.15, 0.2) is 0 Å². The van der Waals surface area contributed by atoms with Crippen molar-refractivity contribution in [2.24, 2.45) is 5.41 Å². The number of piperidine rings is 2. The fraction of sp³-hybridized carbons (Fsp3) is 0.429. The van der Waals surface area contributed by atoms with Gasteiger partial charge in [0.05, 0.1) is 15.5 Å². The molecule has 2 saturated heterocycles. The Balaban J connectivity index is 1.83. The third-order valence-corrected chi connectivity index (χ3v) is 10.7. The van der Waals surface area contributed by atoms with Gasteiger partial charge in [-0.25, -0.2) is 0 Å². The van der Waals surface area contributed by atoms with E-state index < -0.39 is 16.2 Å². The molecule has 2 atom stereocenters. The normalized spacial score (nSPS) is 21.8. The molecule has 2 heterocycles. The Morgan fingerprint density at radius 2 is 1.55 bits per heavy atom. The van der Waals surface area contributed by atoms with Gasteiger partial charge >= 0.3 is 0 Å². The van der Waals surface area contributed by atoms with Gasteiger partial charge in [-0.2, -0.15) is 0 Å². The summed E-state index contributed by atoms with van der Waals surface area (Å²) in [6.45, 7) is 4.82. The van der Waals surface area contributed by atoms with Gasteiger partial charge in [0.2, 0.25) is 5.91 Å². The Hall–Kier alpha value is -2.86. The van der Waals surface area contributed by atoms with Crippen molar-refractivity contribution in [3.8, 4) is 0 Å². The predicted octanol–water partition coefficient (Wildman–Crippen LogP) is 7.02. The Kier molecular flexibility index (Phi) is 9.31. The van der Waals surface area contributed by atoms with E-state index in [-0.39, 0.29) is 11.8 Å². The van der Waals surface area contributed by atoms with E-state index in [9.17, 15) is 9.59 Å². The van der Waals surface area contributed by atoms with Crippen LogP contribution in [0.2, 0.25) is 10.0 Å². The maximum atomic E-state index is 15.0. The summed E-state index contributed by atoms with van der Waals surface area (Å²) in [6, 6.07) is 25.9. The lowest BCUT2D eigenvalue weighted by molar-refractivity contribution is -0.149. The summed E-state index contributed by atoms with van der Waals surface area (Å²) < 4.78 is 0. The summed E-state index contributed by atoms with van der Waals surface area (Å²) in [7, 11) is 1.75. The third kappa shape index (κ3) is 5.04. The second kappa shape index (κ2) is 12.8. The van der Waals surface area contributed by atoms with Crippen molar-refractivity contribution < 1.29 is 9.59 Å². The first-order valence-corrected chi connectivity index (χ1v) is 15.9. The molecule has 2 aliphatic heterocycles. The molecule has 5 nitrogen and oxygen atoms in total. The van der Waals surface area contributed by atoms with Gasteiger partial charge < -0.3 is 15.5 Å². The number of nitrogens with zero attached hydrogens (tertiary/aromatic N) is 1.